The zero-order chi connectivity index (χ0) is 14.8. The molecule has 0 saturated heterocycles. The van der Waals surface area contributed by atoms with E-state index in [4.69, 9.17) is 16.3 Å². The van der Waals surface area contributed by atoms with Crippen LogP contribution in [0.1, 0.15) is 17.0 Å². The predicted molar refractivity (Wildman–Crippen MR) is 85.0 cm³/mol. The molecule has 0 unspecified atom stereocenters. The van der Waals surface area contributed by atoms with Crippen molar-refractivity contribution in [1.82, 2.24) is 15.2 Å². The normalized spacial score (nSPS) is 10.8. The van der Waals surface area contributed by atoms with E-state index in [9.17, 15) is 0 Å². The Morgan fingerprint density at radius 3 is 2.76 bits per heavy atom. The van der Waals surface area contributed by atoms with Crippen LogP contribution in [0.4, 0.5) is 0 Å². The number of thiophene rings is 1. The summed E-state index contributed by atoms with van der Waals surface area (Å²) in [4.78, 5) is 3.12. The van der Waals surface area contributed by atoms with Gasteiger partial charge < -0.3 is 9.72 Å². The van der Waals surface area contributed by atoms with E-state index in [-0.39, 0.29) is 0 Å². The van der Waals surface area contributed by atoms with E-state index in [1.165, 1.54) is 0 Å². The molecule has 0 aliphatic heterocycles. The highest BCUT2D eigenvalue weighted by Gasteiger charge is 2.08. The molecule has 108 valence electrons. The number of nitrogens with zero attached hydrogens (tertiary/aromatic N) is 2. The zero-order valence-corrected chi connectivity index (χ0v) is 13.3. The number of H-pyrrole nitrogens is 1. The van der Waals surface area contributed by atoms with E-state index in [0.29, 0.717) is 6.61 Å². The molecule has 0 radical (unpaired) electrons. The van der Waals surface area contributed by atoms with Gasteiger partial charge >= 0.3 is 0 Å². The Balaban J connectivity index is 1.83. The monoisotopic (exact) mass is 319 g/mol. The van der Waals surface area contributed by atoms with Gasteiger partial charge in [-0.1, -0.05) is 23.7 Å². The van der Waals surface area contributed by atoms with Crippen molar-refractivity contribution < 1.29 is 4.74 Å². The third-order valence-electron chi connectivity index (χ3n) is 3.13. The Labute approximate surface area is 131 Å². The van der Waals surface area contributed by atoms with Crippen LogP contribution in [0.2, 0.25) is 5.02 Å². The molecular formula is C15H14ClN3OS. The minimum atomic E-state index is 0.460. The number of ether oxygens (including phenoxy) is 1. The smallest absolute Gasteiger partial charge is 0.161 e. The summed E-state index contributed by atoms with van der Waals surface area (Å²) < 4.78 is 5.89. The van der Waals surface area contributed by atoms with Gasteiger partial charge in [0.1, 0.15) is 18.2 Å². The summed E-state index contributed by atoms with van der Waals surface area (Å²) in [6, 6.07) is 5.98. The van der Waals surface area contributed by atoms with Gasteiger partial charge in [0.2, 0.25) is 0 Å². The fourth-order valence-electron chi connectivity index (χ4n) is 1.95. The van der Waals surface area contributed by atoms with Crippen LogP contribution in [-0.2, 0) is 6.61 Å². The molecule has 0 amide bonds. The van der Waals surface area contributed by atoms with Gasteiger partial charge in [0.25, 0.3) is 0 Å². The van der Waals surface area contributed by atoms with E-state index < -0.39 is 0 Å². The van der Waals surface area contributed by atoms with E-state index in [0.717, 1.165) is 39.1 Å². The van der Waals surface area contributed by atoms with Gasteiger partial charge in [-0.2, -0.15) is 11.3 Å². The fourth-order valence-corrected chi connectivity index (χ4v) is 2.97. The first-order valence-electron chi connectivity index (χ1n) is 6.47. The van der Waals surface area contributed by atoms with Crippen LogP contribution in [0.15, 0.2) is 29.0 Å². The van der Waals surface area contributed by atoms with Crippen LogP contribution >= 0.6 is 22.9 Å². The first kappa shape index (κ1) is 14.1. The third kappa shape index (κ3) is 3.09. The van der Waals surface area contributed by atoms with Crippen LogP contribution in [0.5, 0.6) is 5.75 Å². The molecular weight excluding hydrogens is 306 g/mol. The highest BCUT2D eigenvalue weighted by molar-refractivity contribution is 7.08. The Bertz CT molecular complexity index is 766. The minimum absolute atomic E-state index is 0.460. The average molecular weight is 320 g/mol. The van der Waals surface area contributed by atoms with Gasteiger partial charge in [-0.05, 0) is 30.9 Å². The summed E-state index contributed by atoms with van der Waals surface area (Å²) >= 11 is 7.66. The number of aryl methyl sites for hydroxylation is 2. The topological polar surface area (TPSA) is 50.8 Å². The van der Waals surface area contributed by atoms with Gasteiger partial charge in [0.15, 0.2) is 5.82 Å². The molecule has 0 bridgehead atoms. The molecule has 0 aliphatic rings. The van der Waals surface area contributed by atoms with Crippen molar-refractivity contribution in [2.24, 2.45) is 0 Å². The lowest BCUT2D eigenvalue weighted by Crippen LogP contribution is -1.97. The first-order valence-corrected chi connectivity index (χ1v) is 7.79. The average Bonchev–Trinajstić information content (AvgIpc) is 3.07. The second kappa shape index (κ2) is 5.87. The number of halogens is 1. The van der Waals surface area contributed by atoms with Crippen molar-refractivity contribution in [2.75, 3.05) is 0 Å². The highest BCUT2D eigenvalue weighted by Crippen LogP contribution is 2.27. The fraction of sp³-hybridized carbons (Fsp3) is 0.200. The molecule has 21 heavy (non-hydrogen) atoms. The maximum Gasteiger partial charge on any atom is 0.161 e. The number of hydrogen-bond acceptors (Lipinski definition) is 4. The summed E-state index contributed by atoms with van der Waals surface area (Å²) in [5, 5.41) is 12.7. The Morgan fingerprint density at radius 1 is 1.24 bits per heavy atom. The number of hydrogen-bond donors (Lipinski definition) is 1. The third-order valence-corrected chi connectivity index (χ3v) is 4.41. The van der Waals surface area contributed by atoms with E-state index in [2.05, 4.69) is 15.2 Å². The minimum Gasteiger partial charge on any atom is -0.489 e. The van der Waals surface area contributed by atoms with E-state index in [1.807, 2.05) is 42.8 Å². The molecule has 2 heterocycles. The van der Waals surface area contributed by atoms with Crippen LogP contribution in [0.3, 0.4) is 0 Å². The number of aromatic nitrogens is 3. The van der Waals surface area contributed by atoms with Crippen LogP contribution in [-0.4, -0.2) is 15.2 Å². The highest BCUT2D eigenvalue weighted by atomic mass is 35.5. The summed E-state index contributed by atoms with van der Waals surface area (Å²) in [5.74, 6) is 2.35. The molecule has 1 aromatic carbocycles. The SMILES string of the molecule is Cc1nnc(-c2ccc(C)c(OCc3cscc3Cl)c2)[nH]1. The quantitative estimate of drug-likeness (QED) is 0.776. The van der Waals surface area contributed by atoms with Crippen molar-refractivity contribution >= 4 is 22.9 Å². The molecule has 2 aromatic heterocycles. The molecule has 1 N–H and O–H groups in total. The zero-order valence-electron chi connectivity index (χ0n) is 11.7. The van der Waals surface area contributed by atoms with Crippen molar-refractivity contribution in [3.05, 3.63) is 50.9 Å². The largest absolute Gasteiger partial charge is 0.489 e. The second-order valence-corrected chi connectivity index (χ2v) is 5.92. The summed E-state index contributed by atoms with van der Waals surface area (Å²) in [5.41, 5.74) is 3.02. The van der Waals surface area contributed by atoms with E-state index >= 15 is 0 Å². The van der Waals surface area contributed by atoms with E-state index in [1.54, 1.807) is 11.3 Å². The summed E-state index contributed by atoms with van der Waals surface area (Å²) in [6.07, 6.45) is 0. The molecule has 6 heteroatoms. The Hall–Kier alpha value is -1.85. The predicted octanol–water partition coefficient (Wildman–Crippen LogP) is 4.38. The maximum absolute atomic E-state index is 6.08. The number of nitrogens with one attached hydrogen (secondary N) is 1. The first-order chi connectivity index (χ1) is 10.1. The maximum atomic E-state index is 6.08. The van der Waals surface area contributed by atoms with Crippen molar-refractivity contribution in [3.63, 3.8) is 0 Å². The number of rotatable bonds is 4. The molecule has 0 aliphatic carbocycles. The van der Waals surface area contributed by atoms with Crippen LogP contribution in [0, 0.1) is 13.8 Å². The standard InChI is InChI=1S/C15H14ClN3OS/c1-9-3-4-11(15-17-10(2)18-19-15)5-14(9)20-6-12-7-21-8-13(12)16/h3-5,7-8H,6H2,1-2H3,(H,17,18,19). The molecule has 4 nitrogen and oxygen atoms in total. The van der Waals surface area contributed by atoms with Crippen molar-refractivity contribution in [3.8, 4) is 17.1 Å². The number of benzene rings is 1. The van der Waals surface area contributed by atoms with Gasteiger partial charge in [0, 0.05) is 16.5 Å². The lowest BCUT2D eigenvalue weighted by atomic mass is 10.1. The molecule has 0 fully saturated rings. The Morgan fingerprint density at radius 2 is 2.10 bits per heavy atom. The lowest BCUT2D eigenvalue weighted by Gasteiger charge is -2.10. The second-order valence-electron chi connectivity index (χ2n) is 4.77. The molecule has 3 rings (SSSR count). The Kier molecular flexibility index (Phi) is 3.94. The molecule has 3 aromatic rings. The molecule has 0 saturated carbocycles. The number of aromatic amines is 1. The van der Waals surface area contributed by atoms with Gasteiger partial charge in [-0.15, -0.1) is 10.2 Å². The lowest BCUT2D eigenvalue weighted by molar-refractivity contribution is 0.305. The van der Waals surface area contributed by atoms with Gasteiger partial charge in [0.05, 0.1) is 5.02 Å². The van der Waals surface area contributed by atoms with Crippen LogP contribution in [0.25, 0.3) is 11.4 Å². The van der Waals surface area contributed by atoms with Gasteiger partial charge in [-0.3, -0.25) is 0 Å². The van der Waals surface area contributed by atoms with Crippen molar-refractivity contribution in [1.29, 1.82) is 0 Å². The summed E-state index contributed by atoms with van der Waals surface area (Å²) in [6.45, 7) is 4.35. The van der Waals surface area contributed by atoms with Crippen molar-refractivity contribution in [2.45, 2.75) is 20.5 Å². The summed E-state index contributed by atoms with van der Waals surface area (Å²) in [7, 11) is 0. The molecule has 0 atom stereocenters. The molecule has 0 spiro atoms. The van der Waals surface area contributed by atoms with Crippen LogP contribution < -0.4 is 4.74 Å². The van der Waals surface area contributed by atoms with Gasteiger partial charge in [-0.25, -0.2) is 0 Å².